The van der Waals surface area contributed by atoms with E-state index in [0.717, 1.165) is 21.3 Å². The van der Waals surface area contributed by atoms with E-state index in [9.17, 15) is 14.7 Å². The second-order valence-electron chi connectivity index (χ2n) is 7.17. The second kappa shape index (κ2) is 10.2. The highest BCUT2D eigenvalue weighted by Gasteiger charge is 2.35. The Labute approximate surface area is 190 Å². The molecule has 1 atom stereocenters. The predicted molar refractivity (Wildman–Crippen MR) is 127 cm³/mol. The van der Waals surface area contributed by atoms with Crippen LogP contribution in [0.4, 0.5) is 0 Å². The number of hydrogen-bond donors (Lipinski definition) is 3. The van der Waals surface area contributed by atoms with Gasteiger partial charge in [0.1, 0.15) is 5.01 Å². The number of carbonyl (C=O) groups excluding carboxylic acids is 1. The van der Waals surface area contributed by atoms with Gasteiger partial charge < -0.3 is 15.5 Å². The Bertz CT molecular complexity index is 1200. The number of aliphatic hydroxyl groups is 1. The summed E-state index contributed by atoms with van der Waals surface area (Å²) in [4.78, 5) is 26.7. The van der Waals surface area contributed by atoms with Gasteiger partial charge in [-0.15, -0.1) is 11.3 Å². The number of likely N-dealkylation sites (N-methyl/N-ethyl adjacent to an activating group) is 1. The Morgan fingerprint density at radius 3 is 2.16 bits per heavy atom. The van der Waals surface area contributed by atoms with Gasteiger partial charge in [0.2, 0.25) is 0 Å². The molecule has 1 amide bonds. The highest BCUT2D eigenvalue weighted by molar-refractivity contribution is 7.18. The zero-order chi connectivity index (χ0) is 23.1. The van der Waals surface area contributed by atoms with Crippen LogP contribution in [-0.4, -0.2) is 33.6 Å². The minimum absolute atomic E-state index is 0.331. The fraction of sp³-hybridized carbons (Fsp3) is 0.160. The summed E-state index contributed by atoms with van der Waals surface area (Å²) in [6.45, 7) is 3.77. The van der Waals surface area contributed by atoms with Crippen molar-refractivity contribution in [2.45, 2.75) is 19.4 Å². The molecule has 4 aromatic rings. The Balaban J connectivity index is 0.000000269. The van der Waals surface area contributed by atoms with Crippen molar-refractivity contribution in [1.82, 2.24) is 10.3 Å². The van der Waals surface area contributed by atoms with Crippen LogP contribution in [0.3, 0.4) is 0 Å². The van der Waals surface area contributed by atoms with Crippen LogP contribution in [0.1, 0.15) is 29.2 Å². The van der Waals surface area contributed by atoms with Crippen LogP contribution in [0, 0.1) is 0 Å². The van der Waals surface area contributed by atoms with Crippen LogP contribution in [0.25, 0.3) is 21.3 Å². The quantitative estimate of drug-likeness (QED) is 0.411. The van der Waals surface area contributed by atoms with E-state index in [2.05, 4.69) is 10.3 Å². The molecule has 0 saturated heterocycles. The van der Waals surface area contributed by atoms with Gasteiger partial charge in [0.15, 0.2) is 5.60 Å². The molecule has 0 spiro atoms. The molecule has 0 bridgehead atoms. The monoisotopic (exact) mass is 448 g/mol. The van der Waals surface area contributed by atoms with E-state index in [1.807, 2.05) is 55.5 Å². The molecule has 1 aromatic heterocycles. The zero-order valence-electron chi connectivity index (χ0n) is 17.8. The average Bonchev–Trinajstić information content (AvgIpc) is 3.25. The summed E-state index contributed by atoms with van der Waals surface area (Å²) in [7, 11) is 0. The fourth-order valence-electron chi connectivity index (χ4n) is 2.95. The van der Waals surface area contributed by atoms with Gasteiger partial charge in [0.25, 0.3) is 5.91 Å². The number of nitrogens with zero attached hydrogens (tertiary/aromatic N) is 1. The number of aromatic nitrogens is 1. The van der Waals surface area contributed by atoms with Crippen LogP contribution in [0.15, 0.2) is 78.9 Å². The Morgan fingerprint density at radius 1 is 0.969 bits per heavy atom. The van der Waals surface area contributed by atoms with E-state index in [1.165, 1.54) is 18.3 Å². The number of carboxylic acid groups (broad SMARTS) is 1. The molecule has 3 aromatic carbocycles. The molecule has 0 radical (unpaired) electrons. The fourth-order valence-corrected chi connectivity index (χ4v) is 4.00. The van der Waals surface area contributed by atoms with Crippen molar-refractivity contribution in [3.63, 3.8) is 0 Å². The van der Waals surface area contributed by atoms with Crippen LogP contribution in [0.5, 0.6) is 0 Å². The summed E-state index contributed by atoms with van der Waals surface area (Å²) in [6.07, 6.45) is 0. The van der Waals surface area contributed by atoms with Gasteiger partial charge in [-0.2, -0.15) is 0 Å². The molecule has 32 heavy (non-hydrogen) atoms. The molecular weight excluding hydrogens is 424 g/mol. The Kier molecular flexibility index (Phi) is 7.35. The van der Waals surface area contributed by atoms with Crippen molar-refractivity contribution >= 4 is 33.4 Å². The third kappa shape index (κ3) is 5.38. The maximum atomic E-state index is 12.0. The van der Waals surface area contributed by atoms with Gasteiger partial charge in [-0.3, -0.25) is 4.79 Å². The van der Waals surface area contributed by atoms with E-state index in [0.29, 0.717) is 17.1 Å². The number of benzene rings is 3. The van der Waals surface area contributed by atoms with Gasteiger partial charge in [-0.1, -0.05) is 54.6 Å². The summed E-state index contributed by atoms with van der Waals surface area (Å²) in [5.74, 6) is -1.31. The molecule has 3 N–H and O–H groups in total. The molecule has 6 nitrogen and oxygen atoms in total. The molecule has 1 heterocycles. The van der Waals surface area contributed by atoms with Gasteiger partial charge in [-0.25, -0.2) is 9.78 Å². The van der Waals surface area contributed by atoms with E-state index in [-0.39, 0.29) is 0 Å². The van der Waals surface area contributed by atoms with Crippen molar-refractivity contribution in [1.29, 1.82) is 0 Å². The first kappa shape index (κ1) is 23.1. The predicted octanol–water partition coefficient (Wildman–Crippen LogP) is 4.69. The largest absolute Gasteiger partial charge is 0.478 e. The Morgan fingerprint density at radius 2 is 1.59 bits per heavy atom. The summed E-state index contributed by atoms with van der Waals surface area (Å²) in [5, 5.41) is 21.9. The van der Waals surface area contributed by atoms with Crippen LogP contribution in [0.2, 0.25) is 0 Å². The van der Waals surface area contributed by atoms with E-state index in [4.69, 9.17) is 5.11 Å². The minimum atomic E-state index is -1.62. The van der Waals surface area contributed by atoms with Gasteiger partial charge in [0, 0.05) is 6.54 Å². The average molecular weight is 449 g/mol. The zero-order valence-corrected chi connectivity index (χ0v) is 18.6. The maximum absolute atomic E-state index is 12.0. The van der Waals surface area contributed by atoms with Gasteiger partial charge in [-0.05, 0) is 49.2 Å². The molecule has 0 aliphatic carbocycles. The number of carboxylic acids is 1. The highest BCUT2D eigenvalue weighted by Crippen LogP contribution is 2.33. The van der Waals surface area contributed by atoms with Crippen molar-refractivity contribution in [3.8, 4) is 11.1 Å². The smallest absolute Gasteiger partial charge is 0.335 e. The first-order valence-electron chi connectivity index (χ1n) is 10.1. The van der Waals surface area contributed by atoms with Gasteiger partial charge >= 0.3 is 5.97 Å². The number of thiazole rings is 1. The lowest BCUT2D eigenvalue weighted by atomic mass is 10.1. The minimum Gasteiger partial charge on any atom is -0.478 e. The number of nitrogens with one attached hydrogen (secondary N) is 1. The lowest BCUT2D eigenvalue weighted by Crippen LogP contribution is -2.42. The topological polar surface area (TPSA) is 99.5 Å². The Hall–Kier alpha value is -3.55. The number of amides is 1. The lowest BCUT2D eigenvalue weighted by molar-refractivity contribution is -0.138. The third-order valence-corrected chi connectivity index (χ3v) is 5.94. The first-order chi connectivity index (χ1) is 15.3. The third-order valence-electron chi connectivity index (χ3n) is 4.71. The molecule has 0 saturated carbocycles. The summed E-state index contributed by atoms with van der Waals surface area (Å²) >= 11 is 1.35. The SMILES string of the molecule is CCNC(=O)C(C)(O)c1nc2ccc(-c3ccccc3)cc2s1.O=C(O)c1ccccc1. The highest BCUT2D eigenvalue weighted by atomic mass is 32.1. The standard InChI is InChI=1S/C18H18N2O2S.C7H6O2/c1-3-19-16(21)18(2,22)17-20-14-10-9-13(11-15(14)23-17)12-7-5-4-6-8-12;8-7(9)6-4-2-1-3-5-6/h4-11,22H,3H2,1-2H3,(H,19,21);1-5H,(H,8,9). The van der Waals surface area contributed by atoms with Crippen molar-refractivity contribution in [3.05, 3.63) is 89.4 Å². The number of rotatable bonds is 5. The second-order valence-corrected chi connectivity index (χ2v) is 8.20. The van der Waals surface area contributed by atoms with Crippen molar-refractivity contribution in [2.24, 2.45) is 0 Å². The molecule has 164 valence electrons. The molecule has 0 aliphatic heterocycles. The summed E-state index contributed by atoms with van der Waals surface area (Å²) < 4.78 is 0.950. The maximum Gasteiger partial charge on any atom is 0.335 e. The van der Waals surface area contributed by atoms with E-state index in [1.54, 1.807) is 30.3 Å². The van der Waals surface area contributed by atoms with Crippen LogP contribution >= 0.6 is 11.3 Å². The number of carbonyl (C=O) groups is 2. The number of hydrogen-bond acceptors (Lipinski definition) is 5. The van der Waals surface area contributed by atoms with Crippen molar-refractivity contribution in [2.75, 3.05) is 6.54 Å². The summed E-state index contributed by atoms with van der Waals surface area (Å²) in [5.41, 5.74) is 1.71. The van der Waals surface area contributed by atoms with Crippen LogP contribution < -0.4 is 5.32 Å². The van der Waals surface area contributed by atoms with E-state index < -0.39 is 17.5 Å². The number of fused-ring (bicyclic) bond motifs is 1. The molecule has 1 unspecified atom stereocenters. The number of aromatic carboxylic acids is 1. The lowest BCUT2D eigenvalue weighted by Gasteiger charge is -2.18. The molecule has 4 rings (SSSR count). The van der Waals surface area contributed by atoms with Crippen LogP contribution in [-0.2, 0) is 10.4 Å². The van der Waals surface area contributed by atoms with Crippen molar-refractivity contribution < 1.29 is 19.8 Å². The summed E-state index contributed by atoms with van der Waals surface area (Å²) in [6, 6.07) is 24.3. The molecular formula is C25H24N2O4S. The van der Waals surface area contributed by atoms with Gasteiger partial charge in [0.05, 0.1) is 15.8 Å². The normalized spacial score (nSPS) is 12.3. The van der Waals surface area contributed by atoms with E-state index >= 15 is 0 Å². The molecule has 0 aliphatic rings. The molecule has 0 fully saturated rings. The first-order valence-corrected chi connectivity index (χ1v) is 10.9. The molecule has 7 heteroatoms.